The van der Waals surface area contributed by atoms with Crippen molar-refractivity contribution in [3.8, 4) is 0 Å². The molecule has 28 heavy (non-hydrogen) atoms. The van der Waals surface area contributed by atoms with Crippen molar-refractivity contribution in [2.45, 2.75) is 83.2 Å². The van der Waals surface area contributed by atoms with Gasteiger partial charge in [0.2, 0.25) is 5.95 Å². The van der Waals surface area contributed by atoms with Gasteiger partial charge in [-0.2, -0.15) is 4.98 Å². The van der Waals surface area contributed by atoms with Crippen LogP contribution in [0.25, 0.3) is 0 Å². The largest absolute Gasteiger partial charge is 0.363 e. The Balaban J connectivity index is 1.52. The lowest BCUT2D eigenvalue weighted by Gasteiger charge is -2.31. The molecule has 1 aromatic heterocycles. The Morgan fingerprint density at radius 1 is 1.07 bits per heavy atom. The SMILES string of the molecule is CCCCNC(=S)NC1CCC(Nc2nc3c(c(N(C)C)n2)CCCC3)CC1. The first-order valence-corrected chi connectivity index (χ1v) is 11.4. The van der Waals surface area contributed by atoms with E-state index in [9.17, 15) is 0 Å². The predicted molar refractivity (Wildman–Crippen MR) is 121 cm³/mol. The number of fused-ring (bicyclic) bond motifs is 1. The third kappa shape index (κ3) is 5.69. The van der Waals surface area contributed by atoms with Gasteiger partial charge < -0.3 is 20.9 Å². The van der Waals surface area contributed by atoms with Crippen molar-refractivity contribution in [1.29, 1.82) is 0 Å². The van der Waals surface area contributed by atoms with Crippen molar-refractivity contribution >= 4 is 29.1 Å². The maximum atomic E-state index is 5.42. The van der Waals surface area contributed by atoms with Crippen LogP contribution in [0.1, 0.15) is 69.5 Å². The Kier molecular flexibility index (Phi) is 7.71. The summed E-state index contributed by atoms with van der Waals surface area (Å²) in [5.74, 6) is 1.89. The third-order valence-electron chi connectivity index (χ3n) is 5.80. The highest BCUT2D eigenvalue weighted by atomic mass is 32.1. The van der Waals surface area contributed by atoms with Crippen LogP contribution in [0.4, 0.5) is 11.8 Å². The van der Waals surface area contributed by atoms with Gasteiger partial charge in [0, 0.05) is 38.3 Å². The van der Waals surface area contributed by atoms with Crippen LogP contribution in [-0.4, -0.2) is 47.8 Å². The van der Waals surface area contributed by atoms with E-state index in [4.69, 9.17) is 22.2 Å². The van der Waals surface area contributed by atoms with Crippen LogP contribution < -0.4 is 20.9 Å². The van der Waals surface area contributed by atoms with Gasteiger partial charge in [0.15, 0.2) is 5.11 Å². The molecule has 156 valence electrons. The number of nitrogens with zero attached hydrogens (tertiary/aromatic N) is 3. The highest BCUT2D eigenvalue weighted by Crippen LogP contribution is 2.29. The summed E-state index contributed by atoms with van der Waals surface area (Å²) in [6.07, 6.45) is 11.5. The van der Waals surface area contributed by atoms with Crippen molar-refractivity contribution in [2.75, 3.05) is 30.9 Å². The standard InChI is InChI=1S/C21H36N6S/c1-4-5-14-22-21(28)24-16-12-10-15(11-13-16)23-20-25-18-9-7-6-8-17(18)19(26-20)27(2)3/h15-16H,4-14H2,1-3H3,(H2,22,24,28)(H,23,25,26). The van der Waals surface area contributed by atoms with Crippen LogP contribution in [0.15, 0.2) is 0 Å². The number of anilines is 2. The molecular formula is C21H36N6S. The molecule has 0 unspecified atom stereocenters. The van der Waals surface area contributed by atoms with Crippen molar-refractivity contribution in [1.82, 2.24) is 20.6 Å². The molecule has 0 atom stereocenters. The molecule has 1 saturated carbocycles. The summed E-state index contributed by atoms with van der Waals surface area (Å²) < 4.78 is 0. The first-order chi connectivity index (χ1) is 13.6. The van der Waals surface area contributed by atoms with E-state index in [2.05, 4.69) is 41.9 Å². The molecule has 0 saturated heterocycles. The highest BCUT2D eigenvalue weighted by molar-refractivity contribution is 7.80. The predicted octanol–water partition coefficient (Wildman–Crippen LogP) is 3.41. The maximum Gasteiger partial charge on any atom is 0.225 e. The van der Waals surface area contributed by atoms with E-state index in [1.54, 1.807) is 0 Å². The topological polar surface area (TPSA) is 65.1 Å². The van der Waals surface area contributed by atoms with Gasteiger partial charge in [-0.15, -0.1) is 0 Å². The number of hydrogen-bond donors (Lipinski definition) is 3. The molecule has 0 aromatic carbocycles. The molecule has 3 rings (SSSR count). The molecule has 1 heterocycles. The van der Waals surface area contributed by atoms with Crippen LogP contribution in [0.2, 0.25) is 0 Å². The fourth-order valence-electron chi connectivity index (χ4n) is 4.19. The van der Waals surface area contributed by atoms with Crippen LogP contribution in [-0.2, 0) is 12.8 Å². The van der Waals surface area contributed by atoms with E-state index in [1.165, 1.54) is 30.5 Å². The molecule has 2 aliphatic carbocycles. The number of aryl methyl sites for hydroxylation is 1. The van der Waals surface area contributed by atoms with Crippen molar-refractivity contribution in [3.05, 3.63) is 11.3 Å². The number of rotatable bonds is 7. The summed E-state index contributed by atoms with van der Waals surface area (Å²) in [4.78, 5) is 11.8. The number of unbranched alkanes of at least 4 members (excludes halogenated alkanes) is 1. The highest BCUT2D eigenvalue weighted by Gasteiger charge is 2.24. The van der Waals surface area contributed by atoms with E-state index in [0.717, 1.165) is 68.4 Å². The third-order valence-corrected chi connectivity index (χ3v) is 6.06. The van der Waals surface area contributed by atoms with Crippen molar-refractivity contribution < 1.29 is 0 Å². The van der Waals surface area contributed by atoms with Crippen molar-refractivity contribution in [3.63, 3.8) is 0 Å². The van der Waals surface area contributed by atoms with Gasteiger partial charge in [-0.25, -0.2) is 4.98 Å². The van der Waals surface area contributed by atoms with Crippen LogP contribution in [0, 0.1) is 0 Å². The van der Waals surface area contributed by atoms with E-state index in [-0.39, 0.29) is 0 Å². The Morgan fingerprint density at radius 3 is 2.50 bits per heavy atom. The van der Waals surface area contributed by atoms with Gasteiger partial charge in [-0.05, 0) is 70.0 Å². The zero-order valence-electron chi connectivity index (χ0n) is 17.7. The Labute approximate surface area is 175 Å². The minimum Gasteiger partial charge on any atom is -0.363 e. The van der Waals surface area contributed by atoms with Gasteiger partial charge in [0.25, 0.3) is 0 Å². The van der Waals surface area contributed by atoms with Gasteiger partial charge in [-0.3, -0.25) is 0 Å². The van der Waals surface area contributed by atoms with Gasteiger partial charge in [0.1, 0.15) is 5.82 Å². The quantitative estimate of drug-likeness (QED) is 0.475. The number of aromatic nitrogens is 2. The lowest BCUT2D eigenvalue weighted by molar-refractivity contribution is 0.385. The molecule has 0 amide bonds. The number of nitrogens with one attached hydrogen (secondary N) is 3. The monoisotopic (exact) mass is 404 g/mol. The Hall–Kier alpha value is -1.63. The summed E-state index contributed by atoms with van der Waals surface area (Å²) in [5, 5.41) is 11.2. The van der Waals surface area contributed by atoms with Gasteiger partial charge in [0.05, 0.1) is 5.69 Å². The summed E-state index contributed by atoms with van der Waals surface area (Å²) in [5.41, 5.74) is 2.59. The first kappa shape index (κ1) is 21.1. The first-order valence-electron chi connectivity index (χ1n) is 10.9. The van der Waals surface area contributed by atoms with Crippen molar-refractivity contribution in [2.24, 2.45) is 0 Å². The van der Waals surface area contributed by atoms with E-state index < -0.39 is 0 Å². The fourth-order valence-corrected chi connectivity index (χ4v) is 4.46. The average molecular weight is 405 g/mol. The molecule has 1 aromatic rings. The van der Waals surface area contributed by atoms with Crippen LogP contribution in [0.3, 0.4) is 0 Å². The van der Waals surface area contributed by atoms with Crippen LogP contribution >= 0.6 is 12.2 Å². The molecule has 0 radical (unpaired) electrons. The molecule has 2 aliphatic rings. The second-order valence-corrected chi connectivity index (χ2v) is 8.75. The number of hydrogen-bond acceptors (Lipinski definition) is 5. The molecule has 6 nitrogen and oxygen atoms in total. The average Bonchev–Trinajstić information content (AvgIpc) is 2.69. The van der Waals surface area contributed by atoms with E-state index in [0.29, 0.717) is 12.1 Å². The Bertz CT molecular complexity index is 655. The summed E-state index contributed by atoms with van der Waals surface area (Å²) in [6.45, 7) is 3.16. The van der Waals surface area contributed by atoms with Gasteiger partial charge in [-0.1, -0.05) is 13.3 Å². The molecule has 1 fully saturated rings. The van der Waals surface area contributed by atoms with Crippen LogP contribution in [0.5, 0.6) is 0 Å². The molecule has 0 bridgehead atoms. The zero-order chi connectivity index (χ0) is 19.9. The lowest BCUT2D eigenvalue weighted by atomic mass is 9.91. The molecule has 3 N–H and O–H groups in total. The van der Waals surface area contributed by atoms with E-state index in [1.807, 2.05) is 0 Å². The fraction of sp³-hybridized carbons (Fsp3) is 0.762. The Morgan fingerprint density at radius 2 is 1.79 bits per heavy atom. The van der Waals surface area contributed by atoms with Gasteiger partial charge >= 0.3 is 0 Å². The minimum atomic E-state index is 0.441. The maximum absolute atomic E-state index is 5.42. The second kappa shape index (κ2) is 10.2. The number of thiocarbonyl (C=S) groups is 1. The normalized spacial score (nSPS) is 21.5. The zero-order valence-corrected chi connectivity index (χ0v) is 18.5. The summed E-state index contributed by atoms with van der Waals surface area (Å²) in [6, 6.07) is 0.915. The second-order valence-electron chi connectivity index (χ2n) is 8.34. The lowest BCUT2D eigenvalue weighted by Crippen LogP contribution is -2.45. The summed E-state index contributed by atoms with van der Waals surface area (Å²) >= 11 is 5.42. The molecular weight excluding hydrogens is 368 g/mol. The smallest absolute Gasteiger partial charge is 0.225 e. The molecule has 0 spiro atoms. The minimum absolute atomic E-state index is 0.441. The van der Waals surface area contributed by atoms with E-state index >= 15 is 0 Å². The molecule has 7 heteroatoms. The summed E-state index contributed by atoms with van der Waals surface area (Å²) in [7, 11) is 4.16. The molecule has 0 aliphatic heterocycles.